The molecule has 0 spiro atoms. The molecule has 84 valence electrons. The van der Waals surface area contributed by atoms with Crippen molar-refractivity contribution in [2.45, 2.75) is 19.4 Å². The van der Waals surface area contributed by atoms with E-state index < -0.39 is 18.0 Å². The Morgan fingerprint density at radius 1 is 1.67 bits per heavy atom. The second kappa shape index (κ2) is 6.64. The molecule has 1 atom stereocenters. The molecule has 1 heterocycles. The first-order valence-corrected chi connectivity index (χ1v) is 4.04. The van der Waals surface area contributed by atoms with E-state index in [2.05, 4.69) is 14.7 Å². The zero-order chi connectivity index (χ0) is 10.6. The molecule has 0 saturated heterocycles. The van der Waals surface area contributed by atoms with Gasteiger partial charge < -0.3 is 15.5 Å². The van der Waals surface area contributed by atoms with E-state index in [1.807, 2.05) is 0 Å². The number of aromatic nitrogens is 2. The minimum absolute atomic E-state index is 0. The number of nitrogens with two attached hydrogens (primary N) is 1. The second-order valence-corrected chi connectivity index (χ2v) is 2.80. The molecule has 0 amide bonds. The Kier molecular flexibility index (Phi) is 6.28. The maximum absolute atomic E-state index is 11.1. The Morgan fingerprint density at radius 3 is 2.80 bits per heavy atom. The summed E-state index contributed by atoms with van der Waals surface area (Å²) in [5.74, 6) is -1.39. The van der Waals surface area contributed by atoms with E-state index in [0.29, 0.717) is 0 Å². The van der Waals surface area contributed by atoms with E-state index in [1.54, 1.807) is 6.20 Å². The molecule has 15 heavy (non-hydrogen) atoms. The third-order valence-corrected chi connectivity index (χ3v) is 1.54. The van der Waals surface area contributed by atoms with Crippen molar-refractivity contribution >= 4 is 38.1 Å². The topological polar surface area (TPSA) is 98.1 Å². The average molecular weight is 409 g/mol. The van der Waals surface area contributed by atoms with Gasteiger partial charge in [-0.25, -0.2) is 9.78 Å². The summed E-state index contributed by atoms with van der Waals surface area (Å²) in [5, 5.41) is 0. The van der Waals surface area contributed by atoms with Gasteiger partial charge in [0.05, 0.1) is 6.33 Å². The first-order valence-electron chi connectivity index (χ1n) is 4.04. The number of nitrogens with zero attached hydrogens (tertiary/aromatic N) is 1. The standard InChI is InChI=1S/C8H11N3O3.Bi.3H/c1-5(12)14-8(13)7(9)2-6-3-10-4-11-6;;;;/h3-4,7H,2,9H2,1H3,(H,10,11);;;;/t7-;;;;/m0..../s1. The van der Waals surface area contributed by atoms with E-state index in [-0.39, 0.29) is 32.6 Å². The molecule has 0 saturated carbocycles. The molecule has 0 aromatic carbocycles. The number of H-pyrrole nitrogens is 1. The molecule has 1 aromatic rings. The van der Waals surface area contributed by atoms with Gasteiger partial charge in [0.1, 0.15) is 6.04 Å². The maximum atomic E-state index is 11.1. The van der Waals surface area contributed by atoms with Gasteiger partial charge in [-0.1, -0.05) is 0 Å². The molecule has 1 aromatic heterocycles. The molecule has 3 N–H and O–H groups in total. The quantitative estimate of drug-likeness (QED) is 0.348. The van der Waals surface area contributed by atoms with Crippen molar-refractivity contribution in [3.05, 3.63) is 18.2 Å². The zero-order valence-electron chi connectivity index (χ0n) is 8.40. The Bertz CT molecular complexity index is 326. The Balaban J connectivity index is 0.00000196. The van der Waals surface area contributed by atoms with E-state index in [1.165, 1.54) is 6.33 Å². The fourth-order valence-electron chi connectivity index (χ4n) is 0.934. The van der Waals surface area contributed by atoms with Gasteiger partial charge in [-0.2, -0.15) is 0 Å². The van der Waals surface area contributed by atoms with Crippen molar-refractivity contribution in [1.29, 1.82) is 0 Å². The van der Waals surface area contributed by atoms with Crippen molar-refractivity contribution in [2.75, 3.05) is 0 Å². The van der Waals surface area contributed by atoms with Crippen LogP contribution in [0.5, 0.6) is 0 Å². The fourth-order valence-corrected chi connectivity index (χ4v) is 0.934. The van der Waals surface area contributed by atoms with E-state index in [9.17, 15) is 9.59 Å². The molecule has 0 fully saturated rings. The summed E-state index contributed by atoms with van der Waals surface area (Å²) >= 11 is 0. The van der Waals surface area contributed by atoms with E-state index in [4.69, 9.17) is 5.73 Å². The number of hydrogen-bond donors (Lipinski definition) is 2. The predicted molar refractivity (Wildman–Crippen MR) is 57.0 cm³/mol. The first-order chi connectivity index (χ1) is 6.59. The van der Waals surface area contributed by atoms with Crippen molar-refractivity contribution in [1.82, 2.24) is 9.97 Å². The van der Waals surface area contributed by atoms with Gasteiger partial charge in [0.2, 0.25) is 0 Å². The summed E-state index contributed by atoms with van der Waals surface area (Å²) in [6.07, 6.45) is 3.31. The molecule has 0 radical (unpaired) electrons. The number of hydrogen-bond acceptors (Lipinski definition) is 5. The van der Waals surface area contributed by atoms with Crippen molar-refractivity contribution < 1.29 is 14.3 Å². The number of imidazole rings is 1. The van der Waals surface area contributed by atoms with Crippen LogP contribution in [-0.4, -0.2) is 54.2 Å². The van der Waals surface area contributed by atoms with Crippen LogP contribution in [0.2, 0.25) is 0 Å². The monoisotopic (exact) mass is 409 g/mol. The molecule has 0 unspecified atom stereocenters. The SMILES string of the molecule is CC(=O)OC(=O)[C@@H](N)Cc1cnc[nH]1.[BiH3]. The molecule has 6 nitrogen and oxygen atoms in total. The Morgan fingerprint density at radius 2 is 2.33 bits per heavy atom. The summed E-state index contributed by atoms with van der Waals surface area (Å²) in [4.78, 5) is 28.1. The third kappa shape index (κ3) is 4.99. The van der Waals surface area contributed by atoms with E-state index >= 15 is 0 Å². The van der Waals surface area contributed by atoms with Crippen LogP contribution in [-0.2, 0) is 20.7 Å². The molecule has 1 rings (SSSR count). The number of carbonyl (C=O) groups is 2. The van der Waals surface area contributed by atoms with Crippen LogP contribution in [0.4, 0.5) is 0 Å². The minimum atomic E-state index is -0.848. The van der Waals surface area contributed by atoms with Crippen molar-refractivity contribution in [2.24, 2.45) is 5.73 Å². The van der Waals surface area contributed by atoms with Crippen LogP contribution in [0.1, 0.15) is 12.6 Å². The number of rotatable bonds is 3. The van der Waals surface area contributed by atoms with Crippen molar-refractivity contribution in [3.63, 3.8) is 0 Å². The van der Waals surface area contributed by atoms with Crippen LogP contribution >= 0.6 is 0 Å². The van der Waals surface area contributed by atoms with Gasteiger partial charge in [-0.3, -0.25) is 4.79 Å². The van der Waals surface area contributed by atoms with Gasteiger partial charge in [-0.15, -0.1) is 0 Å². The fraction of sp³-hybridized carbons (Fsp3) is 0.375. The van der Waals surface area contributed by atoms with Crippen LogP contribution in [0.3, 0.4) is 0 Å². The number of esters is 2. The van der Waals surface area contributed by atoms with Gasteiger partial charge in [0, 0.05) is 25.2 Å². The number of ether oxygens (including phenoxy) is 1. The third-order valence-electron chi connectivity index (χ3n) is 1.54. The Labute approximate surface area is 106 Å². The molecule has 0 aliphatic rings. The summed E-state index contributed by atoms with van der Waals surface area (Å²) in [5.41, 5.74) is 6.20. The number of nitrogens with one attached hydrogen (secondary N) is 1. The molecule has 0 bridgehead atoms. The number of aromatic amines is 1. The predicted octanol–water partition coefficient (Wildman–Crippen LogP) is -1.81. The van der Waals surface area contributed by atoms with Crippen LogP contribution in [0.15, 0.2) is 12.5 Å². The average Bonchev–Trinajstić information content (AvgIpc) is 2.55. The second-order valence-electron chi connectivity index (χ2n) is 2.80. The number of carbonyl (C=O) groups excluding carboxylic acids is 2. The molecular weight excluding hydrogens is 395 g/mol. The first kappa shape index (κ1) is 14.2. The van der Waals surface area contributed by atoms with Crippen LogP contribution in [0.25, 0.3) is 0 Å². The van der Waals surface area contributed by atoms with E-state index in [0.717, 1.165) is 12.6 Å². The normalized spacial score (nSPS) is 11.3. The van der Waals surface area contributed by atoms with Gasteiger partial charge in [0.25, 0.3) is 0 Å². The summed E-state index contributed by atoms with van der Waals surface area (Å²) in [6.45, 7) is 1.15. The molecule has 7 heteroatoms. The molecule has 0 aliphatic heterocycles. The summed E-state index contributed by atoms with van der Waals surface area (Å²) in [6, 6.07) is -0.848. The Hall–Kier alpha value is -0.807. The summed E-state index contributed by atoms with van der Waals surface area (Å²) < 4.78 is 4.32. The summed E-state index contributed by atoms with van der Waals surface area (Å²) in [7, 11) is 0. The van der Waals surface area contributed by atoms with Crippen LogP contribution in [0, 0.1) is 0 Å². The molecular formula is C8H14BiN3O3. The van der Waals surface area contributed by atoms with Crippen LogP contribution < -0.4 is 5.73 Å². The van der Waals surface area contributed by atoms with Crippen molar-refractivity contribution in [3.8, 4) is 0 Å². The molecule has 0 aliphatic carbocycles. The van der Waals surface area contributed by atoms with Gasteiger partial charge in [0.15, 0.2) is 0 Å². The van der Waals surface area contributed by atoms with Gasteiger partial charge in [-0.05, 0) is 0 Å². The van der Waals surface area contributed by atoms with Gasteiger partial charge >= 0.3 is 38.1 Å². The zero-order valence-corrected chi connectivity index (χ0v) is 13.9.